The molecule has 0 aliphatic heterocycles. The molecule has 29 heavy (non-hydrogen) atoms. The summed E-state index contributed by atoms with van der Waals surface area (Å²) in [6.07, 6.45) is 16.4. The molecule has 0 amide bonds. The molecule has 0 spiro atoms. The highest BCUT2D eigenvalue weighted by Crippen LogP contribution is 2.67. The second kappa shape index (κ2) is 6.96. The minimum absolute atomic E-state index is 0.0960. The molecule has 3 nitrogen and oxygen atoms in total. The summed E-state index contributed by atoms with van der Waals surface area (Å²) in [5, 5.41) is 0. The average Bonchev–Trinajstić information content (AvgIpc) is 3.06. The van der Waals surface area contributed by atoms with Gasteiger partial charge in [-0.15, -0.1) is 0 Å². The summed E-state index contributed by atoms with van der Waals surface area (Å²) in [5.74, 6) is 2.97. The molecule has 3 saturated carbocycles. The summed E-state index contributed by atoms with van der Waals surface area (Å²) >= 11 is 0. The maximum absolute atomic E-state index is 11.4. The van der Waals surface area contributed by atoms with Crippen molar-refractivity contribution in [3.8, 4) is 0 Å². The minimum atomic E-state index is -0.131. The molecule has 5 rings (SSSR count). The lowest BCUT2D eigenvalue weighted by Crippen LogP contribution is -2.50. The van der Waals surface area contributed by atoms with Crippen LogP contribution in [0.3, 0.4) is 0 Å². The number of rotatable bonds is 2. The number of carbonyl (C=O) groups is 1. The van der Waals surface area contributed by atoms with Gasteiger partial charge in [-0.25, -0.2) is 0 Å². The van der Waals surface area contributed by atoms with Crippen molar-refractivity contribution in [1.82, 2.24) is 4.98 Å². The molecular formula is C26H35NO2. The van der Waals surface area contributed by atoms with Crippen molar-refractivity contribution in [3.63, 3.8) is 0 Å². The molecule has 4 aliphatic rings. The van der Waals surface area contributed by atoms with Crippen LogP contribution in [0.1, 0.15) is 83.6 Å². The maximum Gasteiger partial charge on any atom is 0.302 e. The summed E-state index contributed by atoms with van der Waals surface area (Å²) in [6, 6.07) is 4.41. The summed E-state index contributed by atoms with van der Waals surface area (Å²) < 4.78 is 5.58. The topological polar surface area (TPSA) is 39.2 Å². The van der Waals surface area contributed by atoms with E-state index >= 15 is 0 Å². The molecule has 0 radical (unpaired) electrons. The monoisotopic (exact) mass is 393 g/mol. The number of ether oxygens (including phenoxy) is 1. The van der Waals surface area contributed by atoms with Gasteiger partial charge in [0.25, 0.3) is 0 Å². The molecular weight excluding hydrogens is 358 g/mol. The van der Waals surface area contributed by atoms with Gasteiger partial charge in [-0.1, -0.05) is 31.6 Å². The molecule has 3 heteroatoms. The number of carbonyl (C=O) groups excluding carboxylic acids is 1. The van der Waals surface area contributed by atoms with E-state index in [9.17, 15) is 4.79 Å². The van der Waals surface area contributed by atoms with Crippen LogP contribution >= 0.6 is 0 Å². The van der Waals surface area contributed by atoms with Crippen molar-refractivity contribution in [1.29, 1.82) is 0 Å². The van der Waals surface area contributed by atoms with Crippen LogP contribution in [0.25, 0.3) is 0 Å². The Labute approximate surface area is 175 Å². The molecule has 0 bridgehead atoms. The van der Waals surface area contributed by atoms with Gasteiger partial charge in [-0.2, -0.15) is 0 Å². The number of hydrogen-bond acceptors (Lipinski definition) is 3. The first-order valence-electron chi connectivity index (χ1n) is 11.7. The maximum atomic E-state index is 11.4. The first-order valence-corrected chi connectivity index (χ1v) is 11.7. The van der Waals surface area contributed by atoms with Gasteiger partial charge in [0.05, 0.1) is 0 Å². The third-order valence-corrected chi connectivity index (χ3v) is 9.48. The highest BCUT2D eigenvalue weighted by molar-refractivity contribution is 5.66. The quantitative estimate of drug-likeness (QED) is 0.453. The van der Waals surface area contributed by atoms with Crippen molar-refractivity contribution < 1.29 is 9.53 Å². The van der Waals surface area contributed by atoms with Gasteiger partial charge < -0.3 is 4.74 Å². The van der Waals surface area contributed by atoms with Crippen molar-refractivity contribution >= 4 is 5.97 Å². The highest BCUT2D eigenvalue weighted by Gasteiger charge is 2.58. The Morgan fingerprint density at radius 1 is 1.14 bits per heavy atom. The number of nitrogens with zero attached hydrogens (tertiary/aromatic N) is 1. The van der Waals surface area contributed by atoms with Gasteiger partial charge in [0.1, 0.15) is 6.10 Å². The molecule has 156 valence electrons. The second-order valence-electron chi connectivity index (χ2n) is 10.7. The van der Waals surface area contributed by atoms with Crippen LogP contribution < -0.4 is 0 Å². The average molecular weight is 394 g/mol. The standard InChI is InChI=1S/C26H35NO2/c1-17(28)29-20-10-12-25(2)19(15-20)6-7-21-23-9-8-22(18-5-4-14-27-16-18)26(23,3)13-11-24(21)25/h4-6,14,16,20-24H,7-13,15H2,1-3H3/t20-,21?,22?,23?,24?,25-,26+/m0/s1. The lowest BCUT2D eigenvalue weighted by Gasteiger charge is -2.58. The Bertz CT molecular complexity index is 817. The Morgan fingerprint density at radius 3 is 2.76 bits per heavy atom. The molecule has 4 unspecified atom stereocenters. The Balaban J connectivity index is 1.40. The SMILES string of the molecule is CC(=O)O[C@H]1CC[C@@]2(C)C(=CCC3C4CCC(c5cccnc5)[C@@]4(C)CCC32)C1. The molecule has 1 aromatic heterocycles. The lowest BCUT2D eigenvalue weighted by atomic mass is 9.47. The molecule has 3 fully saturated rings. The number of allylic oxidation sites excluding steroid dienone is 1. The van der Waals surface area contributed by atoms with Crippen LogP contribution in [0.15, 0.2) is 36.2 Å². The number of pyridine rings is 1. The molecule has 0 aromatic carbocycles. The summed E-state index contributed by atoms with van der Waals surface area (Å²) in [5.41, 5.74) is 3.77. The molecule has 1 heterocycles. The van der Waals surface area contributed by atoms with E-state index in [0.717, 1.165) is 30.6 Å². The van der Waals surface area contributed by atoms with Gasteiger partial charge in [-0.3, -0.25) is 9.78 Å². The predicted molar refractivity (Wildman–Crippen MR) is 114 cm³/mol. The van der Waals surface area contributed by atoms with Crippen molar-refractivity contribution in [3.05, 3.63) is 41.7 Å². The first-order chi connectivity index (χ1) is 13.9. The first kappa shape index (κ1) is 19.3. The summed E-state index contributed by atoms with van der Waals surface area (Å²) in [6.45, 7) is 6.65. The molecule has 7 atom stereocenters. The molecule has 1 aromatic rings. The van der Waals surface area contributed by atoms with Gasteiger partial charge in [0.2, 0.25) is 0 Å². The smallest absolute Gasteiger partial charge is 0.302 e. The van der Waals surface area contributed by atoms with Crippen LogP contribution in [0, 0.1) is 28.6 Å². The van der Waals surface area contributed by atoms with E-state index in [0.29, 0.717) is 16.7 Å². The number of hydrogen-bond donors (Lipinski definition) is 0. The largest absolute Gasteiger partial charge is 0.462 e. The fourth-order valence-corrected chi connectivity index (χ4v) is 8.09. The third kappa shape index (κ3) is 2.99. The second-order valence-corrected chi connectivity index (χ2v) is 10.7. The normalized spacial score (nSPS) is 43.6. The van der Waals surface area contributed by atoms with Gasteiger partial charge in [0, 0.05) is 25.7 Å². The highest BCUT2D eigenvalue weighted by atomic mass is 16.5. The van der Waals surface area contributed by atoms with Crippen LogP contribution in [-0.4, -0.2) is 17.1 Å². The summed E-state index contributed by atoms with van der Waals surface area (Å²) in [4.78, 5) is 15.9. The Morgan fingerprint density at radius 2 is 2.00 bits per heavy atom. The van der Waals surface area contributed by atoms with Crippen LogP contribution in [-0.2, 0) is 9.53 Å². The molecule has 4 aliphatic carbocycles. The number of esters is 1. The van der Waals surface area contributed by atoms with Crippen molar-refractivity contribution in [2.24, 2.45) is 28.6 Å². The summed E-state index contributed by atoms with van der Waals surface area (Å²) in [7, 11) is 0. The van der Waals surface area contributed by atoms with E-state index < -0.39 is 0 Å². The van der Waals surface area contributed by atoms with Crippen LogP contribution in [0.4, 0.5) is 0 Å². The van der Waals surface area contributed by atoms with Gasteiger partial charge in [-0.05, 0) is 91.1 Å². The fourth-order valence-electron chi connectivity index (χ4n) is 8.09. The van der Waals surface area contributed by atoms with E-state index in [2.05, 4.69) is 43.2 Å². The Hall–Kier alpha value is -1.64. The zero-order valence-electron chi connectivity index (χ0n) is 18.2. The predicted octanol–water partition coefficient (Wildman–Crippen LogP) is 6.06. The number of fused-ring (bicyclic) bond motifs is 5. The van der Waals surface area contributed by atoms with Gasteiger partial charge >= 0.3 is 5.97 Å². The molecule has 0 saturated heterocycles. The zero-order chi connectivity index (χ0) is 20.2. The van der Waals surface area contributed by atoms with Crippen LogP contribution in [0.2, 0.25) is 0 Å². The van der Waals surface area contributed by atoms with E-state index in [1.54, 1.807) is 12.5 Å². The van der Waals surface area contributed by atoms with E-state index in [1.807, 2.05) is 6.20 Å². The van der Waals surface area contributed by atoms with Crippen molar-refractivity contribution in [2.75, 3.05) is 0 Å². The van der Waals surface area contributed by atoms with E-state index in [-0.39, 0.29) is 12.1 Å². The third-order valence-electron chi connectivity index (χ3n) is 9.48. The van der Waals surface area contributed by atoms with Crippen molar-refractivity contribution in [2.45, 2.75) is 84.2 Å². The Kier molecular flexibility index (Phi) is 4.64. The fraction of sp³-hybridized carbons (Fsp3) is 0.692. The lowest BCUT2D eigenvalue weighted by molar-refractivity contribution is -0.148. The minimum Gasteiger partial charge on any atom is -0.462 e. The number of aromatic nitrogens is 1. The molecule has 0 N–H and O–H groups in total. The van der Waals surface area contributed by atoms with Gasteiger partial charge in [0.15, 0.2) is 0 Å². The van der Waals surface area contributed by atoms with E-state index in [4.69, 9.17) is 4.74 Å². The zero-order valence-corrected chi connectivity index (χ0v) is 18.2. The van der Waals surface area contributed by atoms with Crippen LogP contribution in [0.5, 0.6) is 0 Å². The van der Waals surface area contributed by atoms with E-state index in [1.165, 1.54) is 44.1 Å².